The fourth-order valence-corrected chi connectivity index (χ4v) is 2.74. The molecule has 29 heavy (non-hydrogen) atoms. The average molecular weight is 395 g/mol. The van der Waals surface area contributed by atoms with E-state index in [1.54, 1.807) is 30.3 Å². The van der Waals surface area contributed by atoms with Crippen LogP contribution in [0.4, 0.5) is 5.69 Å². The largest absolute Gasteiger partial charge is 0.481 e. The number of carbonyl (C=O) groups is 3. The van der Waals surface area contributed by atoms with Gasteiger partial charge in [-0.25, -0.2) is 0 Å². The van der Waals surface area contributed by atoms with Gasteiger partial charge in [-0.3, -0.25) is 25.2 Å². The van der Waals surface area contributed by atoms with E-state index in [1.807, 2.05) is 32.0 Å². The number of rotatable bonds is 7. The van der Waals surface area contributed by atoms with Crippen molar-refractivity contribution in [2.75, 3.05) is 5.32 Å². The first kappa shape index (κ1) is 20.4. The Morgan fingerprint density at radius 3 is 2.41 bits per heavy atom. The molecular formula is C22H25N3O4. The topological polar surface area (TPSA) is 96.5 Å². The molecule has 0 aliphatic heterocycles. The number of hydrogen-bond donors (Lipinski definition) is 3. The number of nitrogens with one attached hydrogen (secondary N) is 3. The highest BCUT2D eigenvalue weighted by Crippen LogP contribution is 2.30. The van der Waals surface area contributed by atoms with E-state index in [1.165, 1.54) is 0 Å². The SMILES string of the molecule is CCC(Oc1cccc(C)c1)C(=O)NNC(=O)c1ccc(NC(=O)C2CC2)cc1. The van der Waals surface area contributed by atoms with Crippen LogP contribution in [0.5, 0.6) is 5.75 Å². The zero-order valence-corrected chi connectivity index (χ0v) is 16.5. The van der Waals surface area contributed by atoms with Crippen molar-refractivity contribution in [1.82, 2.24) is 10.9 Å². The van der Waals surface area contributed by atoms with Gasteiger partial charge in [0.1, 0.15) is 5.75 Å². The molecule has 0 spiro atoms. The third-order valence-corrected chi connectivity index (χ3v) is 4.59. The van der Waals surface area contributed by atoms with Crippen LogP contribution >= 0.6 is 0 Å². The summed E-state index contributed by atoms with van der Waals surface area (Å²) in [6, 6.07) is 13.9. The van der Waals surface area contributed by atoms with Crippen molar-refractivity contribution in [2.24, 2.45) is 5.92 Å². The highest BCUT2D eigenvalue weighted by Gasteiger charge is 2.29. The van der Waals surface area contributed by atoms with Crippen LogP contribution in [0.25, 0.3) is 0 Å². The van der Waals surface area contributed by atoms with Crippen molar-refractivity contribution < 1.29 is 19.1 Å². The molecule has 0 aromatic heterocycles. The summed E-state index contributed by atoms with van der Waals surface area (Å²) in [4.78, 5) is 36.4. The van der Waals surface area contributed by atoms with Crippen molar-refractivity contribution in [3.63, 3.8) is 0 Å². The second-order valence-corrected chi connectivity index (χ2v) is 7.12. The molecule has 1 aliphatic rings. The number of benzene rings is 2. The van der Waals surface area contributed by atoms with Gasteiger partial charge in [-0.1, -0.05) is 19.1 Å². The van der Waals surface area contributed by atoms with Gasteiger partial charge >= 0.3 is 0 Å². The maximum absolute atomic E-state index is 12.3. The number of amides is 3. The van der Waals surface area contributed by atoms with Gasteiger partial charge in [0.25, 0.3) is 11.8 Å². The number of anilines is 1. The van der Waals surface area contributed by atoms with E-state index < -0.39 is 17.9 Å². The minimum atomic E-state index is -0.725. The molecule has 2 aromatic carbocycles. The standard InChI is InChI=1S/C22H25N3O4/c1-3-19(29-18-6-4-5-14(2)13-18)22(28)25-24-21(27)16-9-11-17(12-10-16)23-20(26)15-7-8-15/h4-6,9-13,15,19H,3,7-8H2,1-2H3,(H,23,26)(H,24,27)(H,25,28). The van der Waals surface area contributed by atoms with Gasteiger partial charge in [0.2, 0.25) is 5.91 Å². The van der Waals surface area contributed by atoms with Crippen molar-refractivity contribution in [2.45, 2.75) is 39.2 Å². The highest BCUT2D eigenvalue weighted by molar-refractivity contribution is 5.97. The summed E-state index contributed by atoms with van der Waals surface area (Å²) in [5.41, 5.74) is 6.83. The molecule has 7 nitrogen and oxygen atoms in total. The summed E-state index contributed by atoms with van der Waals surface area (Å²) in [5.74, 6) is -0.169. The lowest BCUT2D eigenvalue weighted by atomic mass is 10.2. The lowest BCUT2D eigenvalue weighted by molar-refractivity contribution is -0.128. The van der Waals surface area contributed by atoms with Crippen LogP contribution in [-0.2, 0) is 9.59 Å². The molecule has 7 heteroatoms. The average Bonchev–Trinajstić information content (AvgIpc) is 3.56. The Labute approximate surface area is 169 Å². The van der Waals surface area contributed by atoms with E-state index in [9.17, 15) is 14.4 Å². The second-order valence-electron chi connectivity index (χ2n) is 7.12. The van der Waals surface area contributed by atoms with E-state index in [2.05, 4.69) is 16.2 Å². The Bertz CT molecular complexity index is 891. The molecule has 0 heterocycles. The number of hydrazine groups is 1. The molecule has 0 saturated heterocycles. The van der Waals surface area contributed by atoms with Crippen LogP contribution in [0.3, 0.4) is 0 Å². The van der Waals surface area contributed by atoms with Crippen LogP contribution in [0, 0.1) is 12.8 Å². The van der Waals surface area contributed by atoms with E-state index in [-0.39, 0.29) is 11.8 Å². The molecular weight excluding hydrogens is 370 g/mol. The van der Waals surface area contributed by atoms with Crippen molar-refractivity contribution in [1.29, 1.82) is 0 Å². The molecule has 3 N–H and O–H groups in total. The molecule has 0 radical (unpaired) electrons. The smallest absolute Gasteiger partial charge is 0.279 e. The Morgan fingerprint density at radius 2 is 1.79 bits per heavy atom. The Kier molecular flexibility index (Phi) is 6.49. The molecule has 3 rings (SSSR count). The summed E-state index contributed by atoms with van der Waals surface area (Å²) < 4.78 is 5.72. The van der Waals surface area contributed by atoms with Gasteiger partial charge in [0, 0.05) is 17.2 Å². The van der Waals surface area contributed by atoms with Crippen molar-refractivity contribution in [3.05, 3.63) is 59.7 Å². The number of carbonyl (C=O) groups excluding carboxylic acids is 3. The van der Waals surface area contributed by atoms with Gasteiger partial charge in [-0.05, 0) is 68.1 Å². The lowest BCUT2D eigenvalue weighted by Gasteiger charge is -2.18. The van der Waals surface area contributed by atoms with E-state index in [0.29, 0.717) is 23.4 Å². The van der Waals surface area contributed by atoms with Gasteiger partial charge in [-0.15, -0.1) is 0 Å². The third-order valence-electron chi connectivity index (χ3n) is 4.59. The molecule has 1 aliphatic carbocycles. The zero-order chi connectivity index (χ0) is 20.8. The van der Waals surface area contributed by atoms with Gasteiger partial charge < -0.3 is 10.1 Å². The number of aryl methyl sites for hydroxylation is 1. The Balaban J connectivity index is 1.50. The summed E-state index contributed by atoms with van der Waals surface area (Å²) >= 11 is 0. The molecule has 2 aromatic rings. The van der Waals surface area contributed by atoms with Crippen molar-refractivity contribution in [3.8, 4) is 5.75 Å². The monoisotopic (exact) mass is 395 g/mol. The maximum Gasteiger partial charge on any atom is 0.279 e. The Morgan fingerprint density at radius 1 is 1.07 bits per heavy atom. The van der Waals surface area contributed by atoms with E-state index in [4.69, 9.17) is 4.74 Å². The normalized spacial score (nSPS) is 13.9. The molecule has 3 amide bonds. The van der Waals surface area contributed by atoms with Crippen LogP contribution in [-0.4, -0.2) is 23.8 Å². The van der Waals surface area contributed by atoms with Crippen LogP contribution < -0.4 is 20.9 Å². The maximum atomic E-state index is 12.3. The summed E-state index contributed by atoms with van der Waals surface area (Å²) in [7, 11) is 0. The fraction of sp³-hybridized carbons (Fsp3) is 0.318. The lowest BCUT2D eigenvalue weighted by Crippen LogP contribution is -2.47. The summed E-state index contributed by atoms with van der Waals surface area (Å²) in [6.07, 6.45) is 1.58. The summed E-state index contributed by atoms with van der Waals surface area (Å²) in [6.45, 7) is 3.77. The predicted octanol–water partition coefficient (Wildman–Crippen LogP) is 2.96. The number of hydrogen-bond acceptors (Lipinski definition) is 4. The van der Waals surface area contributed by atoms with Crippen LogP contribution in [0.2, 0.25) is 0 Å². The first-order valence-corrected chi connectivity index (χ1v) is 9.70. The quantitative estimate of drug-likeness (QED) is 0.628. The van der Waals surface area contributed by atoms with Gasteiger partial charge in [-0.2, -0.15) is 0 Å². The number of ether oxygens (including phenoxy) is 1. The molecule has 1 atom stereocenters. The molecule has 1 saturated carbocycles. The fourth-order valence-electron chi connectivity index (χ4n) is 2.74. The minimum absolute atomic E-state index is 0.00804. The third kappa shape index (κ3) is 5.81. The van der Waals surface area contributed by atoms with Crippen LogP contribution in [0.1, 0.15) is 42.1 Å². The van der Waals surface area contributed by atoms with E-state index in [0.717, 1.165) is 18.4 Å². The first-order chi connectivity index (χ1) is 14.0. The van der Waals surface area contributed by atoms with Gasteiger partial charge in [0.05, 0.1) is 0 Å². The van der Waals surface area contributed by atoms with E-state index >= 15 is 0 Å². The molecule has 1 unspecified atom stereocenters. The molecule has 0 bridgehead atoms. The van der Waals surface area contributed by atoms with Gasteiger partial charge in [0.15, 0.2) is 6.10 Å². The predicted molar refractivity (Wildman–Crippen MR) is 109 cm³/mol. The second kappa shape index (κ2) is 9.23. The minimum Gasteiger partial charge on any atom is -0.481 e. The highest BCUT2D eigenvalue weighted by atomic mass is 16.5. The molecule has 1 fully saturated rings. The zero-order valence-electron chi connectivity index (χ0n) is 16.5. The summed E-state index contributed by atoms with van der Waals surface area (Å²) in [5, 5.41) is 2.81. The first-order valence-electron chi connectivity index (χ1n) is 9.70. The van der Waals surface area contributed by atoms with Crippen molar-refractivity contribution >= 4 is 23.4 Å². The molecule has 152 valence electrons. The Hall–Kier alpha value is -3.35. The van der Waals surface area contributed by atoms with Crippen LogP contribution in [0.15, 0.2) is 48.5 Å².